The smallest absolute Gasteiger partial charge is 0.419 e. The number of hydrogen-bond donors (Lipinski definition) is 7. The molecule has 0 aromatic heterocycles. The molecule has 2 aliphatic rings. The second kappa shape index (κ2) is 52.7. The number of esters is 6. The monoisotopic (exact) mass is 1890 g/mol. The predicted molar refractivity (Wildman–Crippen MR) is 503 cm³/mol. The standard InChI is InChI=1S/C104H106N6O28/c1-104(97(117)118,138-96(116)63-82-22-7-18-72(50-82)46-71-17-6-21-81(49-71)62-95(115)134-66-89-64-132-89)68-136-102(123)109-87-33-12-27-77(58-87)52-74-23-8-29-83(54-74)105-98(119)129-38-3-2-37-126-93(113)60-79-19-4-15-69(47-79)45-70-16-5-20-80(48-70)61-94(114)128-44-42-125-41-43-127-91(111)35-36-92(112)137-103(124)110-88-34-13-28-78(59-88)53-75-25-10-31-85(56-75)107-100(121)131-40-14-39-130-99(120)106-84-30-9-24-73(55-84)51-76-26-11-32-86(57-76)108-101(122)135-67-90-65-133-90/h4-13,15-34,47-50,54-59,89-90H,2-3,14,35-46,51-53,60-68H2,1H3,(H,105,119)(H,106,120)(H,107,121)(H,108,122)(H,109,123)(H,110,124)(H,117,118). The summed E-state index contributed by atoms with van der Waals surface area (Å²) in [6, 6.07) is 72.1. The zero-order chi connectivity index (χ0) is 97.2. The first-order chi connectivity index (χ1) is 66.8. The van der Waals surface area contributed by atoms with Crippen molar-refractivity contribution in [3.05, 3.63) is 321 Å². The Balaban J connectivity index is 0.452. The van der Waals surface area contributed by atoms with Gasteiger partial charge in [0.05, 0.1) is 91.4 Å². The van der Waals surface area contributed by atoms with Crippen LogP contribution in [0.25, 0.3) is 0 Å². The van der Waals surface area contributed by atoms with Gasteiger partial charge in [-0.15, -0.1) is 0 Å². The molecule has 2 saturated heterocycles. The van der Waals surface area contributed by atoms with Crippen molar-refractivity contribution in [3.8, 4) is 0 Å². The maximum Gasteiger partial charge on any atom is 0.419 e. The van der Waals surface area contributed by atoms with Crippen LogP contribution in [0.3, 0.4) is 0 Å². The SMILES string of the molecule is CC(COC(=O)Nc1cccc(Cc2cccc(NC(=O)OCCCCOC(=O)Cc3cccc(Cc4cccc(CC(=O)OCCOCCOC(=O)CCC(=O)OC(=O)Nc5cccc(Cc6cccc(NC(=O)OCCCOC(=O)Nc7cccc(Cc8cccc(NC(=O)OCC9CO9)c8)c7)c6)c5)c4)c3)c2)c1)(OC(=O)Cc1cccc(Cc2cccc(CC(=O)OCC3CO3)c2)c1)C(=O)O. The van der Waals surface area contributed by atoms with Crippen LogP contribution >= 0.6 is 0 Å². The average Bonchev–Trinajstić information content (AvgIpc) is 1.80. The summed E-state index contributed by atoms with van der Waals surface area (Å²) in [6.45, 7) is 1.85. The van der Waals surface area contributed by atoms with E-state index in [0.29, 0.717) is 97.8 Å². The van der Waals surface area contributed by atoms with Gasteiger partial charge in [-0.2, -0.15) is 0 Å². The first-order valence-corrected chi connectivity index (χ1v) is 44.8. The minimum absolute atomic E-state index is 0.00494. The fraction of sp³-hybridized carbons (Fsp3) is 0.298. The van der Waals surface area contributed by atoms with Crippen LogP contribution in [0.15, 0.2) is 243 Å². The van der Waals surface area contributed by atoms with E-state index in [1.165, 1.54) is 0 Å². The summed E-state index contributed by atoms with van der Waals surface area (Å²) in [6.07, 6.45) is -2.28. The number of carbonyl (C=O) groups is 13. The van der Waals surface area contributed by atoms with Gasteiger partial charge in [0.25, 0.3) is 0 Å². The Morgan fingerprint density at radius 1 is 0.290 bits per heavy atom. The van der Waals surface area contributed by atoms with Crippen molar-refractivity contribution in [2.24, 2.45) is 0 Å². The quantitative estimate of drug-likeness (QED) is 0.00612. The minimum Gasteiger partial charge on any atom is -0.478 e. The molecule has 0 spiro atoms. The lowest BCUT2D eigenvalue weighted by atomic mass is 9.99. The van der Waals surface area contributed by atoms with Gasteiger partial charge in [0.1, 0.15) is 45.2 Å². The molecule has 7 N–H and O–H groups in total. The number of hydrogen-bond acceptors (Lipinski definition) is 27. The summed E-state index contributed by atoms with van der Waals surface area (Å²) in [5.41, 5.74) is 12.0. The number of carbonyl (C=O) groups excluding carboxylic acids is 12. The lowest BCUT2D eigenvalue weighted by Crippen LogP contribution is -2.45. The molecule has 12 rings (SSSR count). The highest BCUT2D eigenvalue weighted by atomic mass is 16.6. The lowest BCUT2D eigenvalue weighted by Gasteiger charge is -2.24. The lowest BCUT2D eigenvalue weighted by molar-refractivity contribution is -0.180. The third kappa shape index (κ3) is 37.6. The molecule has 138 heavy (non-hydrogen) atoms. The highest BCUT2D eigenvalue weighted by Crippen LogP contribution is 2.27. The Labute approximate surface area is 795 Å². The van der Waals surface area contributed by atoms with Gasteiger partial charge in [-0.3, -0.25) is 60.7 Å². The van der Waals surface area contributed by atoms with Gasteiger partial charge in [0.15, 0.2) is 0 Å². The third-order valence-corrected chi connectivity index (χ3v) is 20.9. The Kier molecular flexibility index (Phi) is 38.7. The fourth-order valence-corrected chi connectivity index (χ4v) is 14.1. The summed E-state index contributed by atoms with van der Waals surface area (Å²) in [5.74, 6) is -5.32. The topological polar surface area (TPSA) is 450 Å². The van der Waals surface area contributed by atoms with Crippen LogP contribution in [0.2, 0.25) is 0 Å². The molecule has 0 aliphatic carbocycles. The van der Waals surface area contributed by atoms with E-state index >= 15 is 0 Å². The van der Waals surface area contributed by atoms with E-state index in [2.05, 4.69) is 31.9 Å². The van der Waals surface area contributed by atoms with Crippen LogP contribution in [0, 0.1) is 0 Å². The van der Waals surface area contributed by atoms with E-state index < -0.39 is 91.0 Å². The molecule has 10 aromatic rings. The zero-order valence-corrected chi connectivity index (χ0v) is 75.8. The second-order valence-corrected chi connectivity index (χ2v) is 32.6. The molecule has 0 saturated carbocycles. The van der Waals surface area contributed by atoms with Crippen LogP contribution < -0.4 is 31.9 Å². The van der Waals surface area contributed by atoms with Gasteiger partial charge in [0.2, 0.25) is 5.60 Å². The van der Waals surface area contributed by atoms with Crippen molar-refractivity contribution >= 4 is 112 Å². The predicted octanol–water partition coefficient (Wildman–Crippen LogP) is 15.8. The summed E-state index contributed by atoms with van der Waals surface area (Å²) in [7, 11) is 0. The average molecular weight is 1890 g/mol. The van der Waals surface area contributed by atoms with Crippen molar-refractivity contribution < 1.29 is 134 Å². The summed E-state index contributed by atoms with van der Waals surface area (Å²) in [5, 5.41) is 26.0. The van der Waals surface area contributed by atoms with E-state index in [1.54, 1.807) is 109 Å². The van der Waals surface area contributed by atoms with Crippen LogP contribution in [-0.2, 0) is 158 Å². The molecule has 34 heteroatoms. The molecule has 6 amide bonds. The van der Waals surface area contributed by atoms with Crippen molar-refractivity contribution in [1.82, 2.24) is 0 Å². The zero-order valence-electron chi connectivity index (χ0n) is 75.8. The van der Waals surface area contributed by atoms with Crippen LogP contribution in [0.1, 0.15) is 117 Å². The molecule has 2 fully saturated rings. The molecule has 10 aromatic carbocycles. The Morgan fingerprint density at radius 2 is 0.558 bits per heavy atom. The molecule has 3 unspecified atom stereocenters. The maximum atomic E-state index is 13.2. The van der Waals surface area contributed by atoms with E-state index in [-0.39, 0.29) is 123 Å². The Bertz CT molecular complexity index is 5920. The van der Waals surface area contributed by atoms with Gasteiger partial charge < -0.3 is 71.4 Å². The molecule has 720 valence electrons. The fourth-order valence-electron chi connectivity index (χ4n) is 14.1. The molecule has 2 aliphatic heterocycles. The molecular formula is C104H106N6O28. The van der Waals surface area contributed by atoms with Crippen molar-refractivity contribution in [1.29, 1.82) is 0 Å². The second-order valence-electron chi connectivity index (χ2n) is 32.6. The minimum atomic E-state index is -2.22. The Hall–Kier alpha value is -15.8. The van der Waals surface area contributed by atoms with Crippen LogP contribution in [-0.4, -0.2) is 187 Å². The number of carboxylic acid groups (broad SMARTS) is 1. The summed E-state index contributed by atoms with van der Waals surface area (Å²) < 4.78 is 73.6. The van der Waals surface area contributed by atoms with Crippen LogP contribution in [0.4, 0.5) is 62.9 Å². The Morgan fingerprint density at radius 3 is 0.913 bits per heavy atom. The number of rotatable bonds is 50. The van der Waals surface area contributed by atoms with Crippen molar-refractivity contribution in [2.75, 3.05) is 118 Å². The maximum absolute atomic E-state index is 13.2. The van der Waals surface area contributed by atoms with Gasteiger partial charge in [0, 0.05) is 40.5 Å². The van der Waals surface area contributed by atoms with E-state index in [4.69, 9.17) is 66.3 Å². The van der Waals surface area contributed by atoms with Gasteiger partial charge in [-0.25, -0.2) is 33.6 Å². The number of aliphatic carboxylic acids is 1. The highest BCUT2D eigenvalue weighted by molar-refractivity contribution is 5.94. The summed E-state index contributed by atoms with van der Waals surface area (Å²) >= 11 is 0. The van der Waals surface area contributed by atoms with Crippen LogP contribution in [0.5, 0.6) is 0 Å². The highest BCUT2D eigenvalue weighted by Gasteiger charge is 2.40. The first kappa shape index (κ1) is 101. The van der Waals surface area contributed by atoms with Gasteiger partial charge >= 0.3 is 78.3 Å². The number of carboxylic acids is 1. The van der Waals surface area contributed by atoms with Gasteiger partial charge in [-0.05, 0) is 203 Å². The number of ether oxygens (including phenoxy) is 14. The molecule has 3 atom stereocenters. The first-order valence-electron chi connectivity index (χ1n) is 44.8. The van der Waals surface area contributed by atoms with Crippen molar-refractivity contribution in [3.63, 3.8) is 0 Å². The largest absolute Gasteiger partial charge is 0.478 e. The van der Waals surface area contributed by atoms with E-state index in [0.717, 1.165) is 79.2 Å². The number of benzene rings is 10. The van der Waals surface area contributed by atoms with Crippen molar-refractivity contribution in [2.45, 2.75) is 115 Å². The number of unbranched alkanes of at least 4 members (excludes halogenated alkanes) is 1. The molecule has 34 nitrogen and oxygen atoms in total. The summed E-state index contributed by atoms with van der Waals surface area (Å²) in [4.78, 5) is 164. The third-order valence-electron chi connectivity index (χ3n) is 20.9. The number of amides is 6. The van der Waals surface area contributed by atoms with Gasteiger partial charge in [-0.1, -0.05) is 170 Å². The molecule has 0 bridgehead atoms. The number of epoxide rings is 2. The number of anilines is 6. The van der Waals surface area contributed by atoms with E-state index in [9.17, 15) is 67.4 Å². The van der Waals surface area contributed by atoms with E-state index in [1.807, 2.05) is 133 Å². The normalized spacial score (nSPS) is 13.1. The molecule has 2 heterocycles. The molecule has 0 radical (unpaired) electrons. The number of nitrogens with one attached hydrogen (secondary N) is 6. The molecular weight excluding hydrogens is 1780 g/mol.